The van der Waals surface area contributed by atoms with E-state index in [0.29, 0.717) is 42.8 Å². The molecule has 2 fully saturated rings. The Bertz CT molecular complexity index is 829. The summed E-state index contributed by atoms with van der Waals surface area (Å²) in [6.45, 7) is 3.80. The third kappa shape index (κ3) is 3.36. The molecule has 4 rings (SSSR count). The molecule has 2 aromatic rings. The van der Waals surface area contributed by atoms with E-state index in [1.54, 1.807) is 23.9 Å². The number of carbonyl (C=O) groups excluding carboxylic acids is 1. The highest BCUT2D eigenvalue weighted by Crippen LogP contribution is 2.38. The van der Waals surface area contributed by atoms with Crippen molar-refractivity contribution in [3.63, 3.8) is 0 Å². The van der Waals surface area contributed by atoms with Crippen molar-refractivity contribution in [2.24, 2.45) is 5.92 Å². The molecule has 1 saturated heterocycles. The molecule has 0 N–H and O–H groups in total. The lowest BCUT2D eigenvalue weighted by Crippen LogP contribution is -2.40. The van der Waals surface area contributed by atoms with E-state index in [4.69, 9.17) is 4.52 Å². The van der Waals surface area contributed by atoms with Crippen LogP contribution in [0.25, 0.3) is 0 Å². The van der Waals surface area contributed by atoms with Crippen LogP contribution in [0.5, 0.6) is 0 Å². The Morgan fingerprint density at radius 2 is 2.04 bits per heavy atom. The Morgan fingerprint density at radius 1 is 1.28 bits per heavy atom. The number of rotatable bonds is 4. The van der Waals surface area contributed by atoms with Crippen LogP contribution in [-0.2, 0) is 6.54 Å². The van der Waals surface area contributed by atoms with Gasteiger partial charge >= 0.3 is 0 Å². The van der Waals surface area contributed by atoms with Crippen molar-refractivity contribution < 1.29 is 9.32 Å². The summed E-state index contributed by atoms with van der Waals surface area (Å²) in [5, 5.41) is 3.67. The van der Waals surface area contributed by atoms with Gasteiger partial charge in [0.15, 0.2) is 0 Å². The number of carbonyl (C=O) groups is 1. The first kappa shape index (κ1) is 16.1. The van der Waals surface area contributed by atoms with Gasteiger partial charge in [-0.25, -0.2) is 4.98 Å². The van der Waals surface area contributed by atoms with Gasteiger partial charge in [-0.05, 0) is 38.5 Å². The maximum Gasteiger partial charge on any atom is 0.259 e. The normalized spacial score (nSPS) is 18.5. The average molecular weight is 342 g/mol. The number of piperidine rings is 1. The largest absolute Gasteiger partial charge is 0.361 e. The number of hydrogen-bond donors (Lipinski definition) is 0. The second-order valence-electron chi connectivity index (χ2n) is 7.11. The Morgan fingerprint density at radius 3 is 2.64 bits per heavy atom. The Kier molecular flexibility index (Phi) is 4.15. The zero-order chi connectivity index (χ0) is 17.4. The molecule has 0 aromatic carbocycles. The highest BCUT2D eigenvalue weighted by atomic mass is 16.5. The van der Waals surface area contributed by atoms with Crippen molar-refractivity contribution in [1.29, 1.82) is 0 Å². The Labute approximate surface area is 145 Å². The molecule has 1 aliphatic carbocycles. The average Bonchev–Trinajstić information content (AvgIpc) is 3.38. The minimum Gasteiger partial charge on any atom is -0.361 e. The standard InChI is InChI=1S/C18H22N4O3/c1-12-15(9-20-25-12)18(24)21-6-4-13(5-7-21)10-22-11-19-16(8-17(22)23)14-2-3-14/h8-9,11,13-14H,2-7,10H2,1H3. The van der Waals surface area contributed by atoms with Gasteiger partial charge in [0.1, 0.15) is 11.3 Å². The molecule has 1 aliphatic heterocycles. The lowest BCUT2D eigenvalue weighted by molar-refractivity contribution is 0.0680. The van der Waals surface area contributed by atoms with Crippen molar-refractivity contribution >= 4 is 5.91 Å². The quantitative estimate of drug-likeness (QED) is 0.848. The van der Waals surface area contributed by atoms with Crippen molar-refractivity contribution in [3.8, 4) is 0 Å². The van der Waals surface area contributed by atoms with Crippen LogP contribution < -0.4 is 5.56 Å². The van der Waals surface area contributed by atoms with Gasteiger partial charge in [0.2, 0.25) is 0 Å². The molecule has 1 saturated carbocycles. The molecule has 1 amide bonds. The molecule has 0 unspecified atom stereocenters. The van der Waals surface area contributed by atoms with E-state index in [1.807, 2.05) is 4.90 Å². The van der Waals surface area contributed by atoms with Crippen LogP contribution in [0.1, 0.15) is 53.4 Å². The smallest absolute Gasteiger partial charge is 0.259 e. The first-order valence-corrected chi connectivity index (χ1v) is 8.88. The second-order valence-corrected chi connectivity index (χ2v) is 7.11. The zero-order valence-corrected chi connectivity index (χ0v) is 14.4. The van der Waals surface area contributed by atoms with E-state index in [9.17, 15) is 9.59 Å². The van der Waals surface area contributed by atoms with Crippen LogP contribution in [0.4, 0.5) is 0 Å². The van der Waals surface area contributed by atoms with E-state index >= 15 is 0 Å². The molecule has 7 heteroatoms. The molecule has 2 aromatic heterocycles. The van der Waals surface area contributed by atoms with Crippen LogP contribution in [0.3, 0.4) is 0 Å². The summed E-state index contributed by atoms with van der Waals surface area (Å²) in [6.07, 6.45) is 7.23. The molecule has 0 radical (unpaired) electrons. The van der Waals surface area contributed by atoms with E-state index in [-0.39, 0.29) is 11.5 Å². The summed E-state index contributed by atoms with van der Waals surface area (Å²) in [6, 6.07) is 1.69. The monoisotopic (exact) mass is 342 g/mol. The summed E-state index contributed by atoms with van der Waals surface area (Å²) in [5.74, 6) is 1.42. The fourth-order valence-corrected chi connectivity index (χ4v) is 3.45. The Hall–Kier alpha value is -2.44. The molecular weight excluding hydrogens is 320 g/mol. The van der Waals surface area contributed by atoms with Gasteiger partial charge in [-0.2, -0.15) is 0 Å². The molecule has 7 nitrogen and oxygen atoms in total. The lowest BCUT2D eigenvalue weighted by Gasteiger charge is -2.32. The third-order valence-electron chi connectivity index (χ3n) is 5.23. The first-order chi connectivity index (χ1) is 12.1. The van der Waals surface area contributed by atoms with Crippen molar-refractivity contribution in [1.82, 2.24) is 19.6 Å². The van der Waals surface area contributed by atoms with E-state index < -0.39 is 0 Å². The first-order valence-electron chi connectivity index (χ1n) is 8.88. The number of amides is 1. The van der Waals surface area contributed by atoms with Gasteiger partial charge in [-0.3, -0.25) is 14.2 Å². The minimum absolute atomic E-state index is 0.0233. The molecule has 0 atom stereocenters. The molecular formula is C18H22N4O3. The van der Waals surface area contributed by atoms with Gasteiger partial charge < -0.3 is 9.42 Å². The SMILES string of the molecule is Cc1oncc1C(=O)N1CCC(Cn2cnc(C3CC3)cc2=O)CC1. The van der Waals surface area contributed by atoms with E-state index in [0.717, 1.165) is 31.4 Å². The fraction of sp³-hybridized carbons (Fsp3) is 0.556. The van der Waals surface area contributed by atoms with Gasteiger partial charge in [0, 0.05) is 31.6 Å². The maximum absolute atomic E-state index is 12.5. The van der Waals surface area contributed by atoms with Crippen molar-refractivity contribution in [2.45, 2.75) is 45.1 Å². The van der Waals surface area contributed by atoms with Crippen molar-refractivity contribution in [2.75, 3.05) is 13.1 Å². The molecule has 3 heterocycles. The molecule has 25 heavy (non-hydrogen) atoms. The summed E-state index contributed by atoms with van der Waals surface area (Å²) in [7, 11) is 0. The van der Waals surface area contributed by atoms with E-state index in [1.165, 1.54) is 6.20 Å². The molecule has 132 valence electrons. The summed E-state index contributed by atoms with van der Waals surface area (Å²) in [5.41, 5.74) is 1.51. The van der Waals surface area contributed by atoms with Gasteiger partial charge in [-0.1, -0.05) is 5.16 Å². The second kappa shape index (κ2) is 6.46. The highest BCUT2D eigenvalue weighted by Gasteiger charge is 2.27. The zero-order valence-electron chi connectivity index (χ0n) is 14.4. The van der Waals surface area contributed by atoms with Crippen LogP contribution in [0.15, 0.2) is 27.9 Å². The number of aryl methyl sites for hydroxylation is 1. The number of hydrogen-bond acceptors (Lipinski definition) is 5. The molecule has 0 bridgehead atoms. The predicted octanol–water partition coefficient (Wildman–Crippen LogP) is 1.97. The van der Waals surface area contributed by atoms with Gasteiger partial charge in [0.25, 0.3) is 11.5 Å². The third-order valence-corrected chi connectivity index (χ3v) is 5.23. The number of nitrogens with zero attached hydrogens (tertiary/aromatic N) is 4. The molecule has 0 spiro atoms. The number of likely N-dealkylation sites (tertiary alicyclic amines) is 1. The topological polar surface area (TPSA) is 81.2 Å². The maximum atomic E-state index is 12.5. The van der Waals surface area contributed by atoms with E-state index in [2.05, 4.69) is 10.1 Å². The van der Waals surface area contributed by atoms with Crippen LogP contribution in [-0.4, -0.2) is 38.6 Å². The van der Waals surface area contributed by atoms with Crippen molar-refractivity contribution in [3.05, 3.63) is 46.0 Å². The van der Waals surface area contributed by atoms with Gasteiger partial charge in [-0.15, -0.1) is 0 Å². The Balaban J connectivity index is 1.35. The fourth-order valence-electron chi connectivity index (χ4n) is 3.45. The molecule has 2 aliphatic rings. The predicted molar refractivity (Wildman–Crippen MR) is 90.3 cm³/mol. The number of aromatic nitrogens is 3. The highest BCUT2D eigenvalue weighted by molar-refractivity contribution is 5.94. The summed E-state index contributed by atoms with van der Waals surface area (Å²) < 4.78 is 6.68. The van der Waals surface area contributed by atoms with Crippen LogP contribution in [0.2, 0.25) is 0 Å². The van der Waals surface area contributed by atoms with Gasteiger partial charge in [0.05, 0.1) is 18.2 Å². The van der Waals surface area contributed by atoms with Crippen LogP contribution in [0, 0.1) is 12.8 Å². The summed E-state index contributed by atoms with van der Waals surface area (Å²) >= 11 is 0. The summed E-state index contributed by atoms with van der Waals surface area (Å²) in [4.78, 5) is 31.0. The lowest BCUT2D eigenvalue weighted by atomic mass is 9.96. The minimum atomic E-state index is -0.0233. The van der Waals surface area contributed by atoms with Crippen LogP contribution >= 0.6 is 0 Å².